The average Bonchev–Trinajstić information content (AvgIpc) is 3.15. The molecule has 1 N–H and O–H groups in total. The molecule has 2 atom stereocenters. The van der Waals surface area contributed by atoms with E-state index in [1.807, 2.05) is 24.9 Å². The number of nitrogens with zero attached hydrogens (tertiary/aromatic N) is 3. The molecule has 1 aliphatic carbocycles. The largest absolute Gasteiger partial charge is 0.379 e. The first-order valence-electron chi connectivity index (χ1n) is 8.70. The number of nitrogens with one attached hydrogen (secondary N) is 1. The Morgan fingerprint density at radius 2 is 2.33 bits per heavy atom. The Kier molecular flexibility index (Phi) is 5.53. The monoisotopic (exact) mass is 336 g/mol. The van der Waals surface area contributed by atoms with E-state index in [0.29, 0.717) is 26.4 Å². The molecule has 7 heteroatoms. The molecule has 1 aliphatic heterocycles. The molecule has 1 aromatic rings. The zero-order chi connectivity index (χ0) is 17.0. The van der Waals surface area contributed by atoms with Gasteiger partial charge >= 0.3 is 0 Å². The van der Waals surface area contributed by atoms with Crippen LogP contribution in [0.3, 0.4) is 0 Å². The Morgan fingerprint density at radius 1 is 1.50 bits per heavy atom. The van der Waals surface area contributed by atoms with Crippen LogP contribution in [0, 0.1) is 5.41 Å². The summed E-state index contributed by atoms with van der Waals surface area (Å²) in [6.07, 6.45) is 8.14. The van der Waals surface area contributed by atoms with E-state index in [2.05, 4.69) is 15.2 Å². The molecule has 3 rings (SSSR count). The van der Waals surface area contributed by atoms with Crippen molar-refractivity contribution in [1.82, 2.24) is 19.8 Å². The molecule has 1 aromatic heterocycles. The summed E-state index contributed by atoms with van der Waals surface area (Å²) in [6.45, 7) is 3.46. The van der Waals surface area contributed by atoms with Crippen LogP contribution in [0.15, 0.2) is 18.7 Å². The summed E-state index contributed by atoms with van der Waals surface area (Å²) in [6, 6.07) is -0.0614. The maximum absolute atomic E-state index is 12.8. The van der Waals surface area contributed by atoms with Crippen LogP contribution in [0.4, 0.5) is 0 Å². The standard InChI is InChI=1S/C17H28N4O3/c1-20(2)8-10-24-15-3-9-23-11-14(15)19-16(22)17(4-5-17)12-21-7-6-18-13-21/h6-7,13-15H,3-5,8-12H2,1-2H3,(H,19,22)/t14-,15+/m0/s1. The molecule has 0 unspecified atom stereocenters. The normalized spacial score (nSPS) is 25.6. The molecule has 2 heterocycles. The Balaban J connectivity index is 1.53. The van der Waals surface area contributed by atoms with Crippen molar-refractivity contribution in [2.24, 2.45) is 5.41 Å². The van der Waals surface area contributed by atoms with E-state index in [0.717, 1.165) is 25.8 Å². The average molecular weight is 336 g/mol. The van der Waals surface area contributed by atoms with Gasteiger partial charge in [-0.05, 0) is 33.4 Å². The molecule has 7 nitrogen and oxygen atoms in total. The number of amides is 1. The Labute approximate surface area is 143 Å². The predicted molar refractivity (Wildman–Crippen MR) is 89.6 cm³/mol. The first-order valence-corrected chi connectivity index (χ1v) is 8.70. The molecule has 0 radical (unpaired) electrons. The predicted octanol–water partition coefficient (Wildman–Crippen LogP) is 0.515. The maximum atomic E-state index is 12.8. The Hall–Kier alpha value is -1.44. The number of hydrogen-bond donors (Lipinski definition) is 1. The summed E-state index contributed by atoms with van der Waals surface area (Å²) >= 11 is 0. The first kappa shape index (κ1) is 17.4. The smallest absolute Gasteiger partial charge is 0.228 e. The quantitative estimate of drug-likeness (QED) is 0.749. The molecular formula is C17H28N4O3. The van der Waals surface area contributed by atoms with Gasteiger partial charge in [0.1, 0.15) is 0 Å². The third kappa shape index (κ3) is 4.34. The highest BCUT2D eigenvalue weighted by atomic mass is 16.5. The number of carbonyl (C=O) groups is 1. The summed E-state index contributed by atoms with van der Waals surface area (Å²) < 4.78 is 13.5. The van der Waals surface area contributed by atoms with Gasteiger partial charge in [-0.1, -0.05) is 0 Å². The molecule has 1 saturated carbocycles. The van der Waals surface area contributed by atoms with Crippen LogP contribution in [-0.2, 0) is 20.8 Å². The number of likely N-dealkylation sites (N-methyl/N-ethyl adjacent to an activating group) is 1. The highest BCUT2D eigenvalue weighted by Gasteiger charge is 2.51. The summed E-state index contributed by atoms with van der Waals surface area (Å²) in [7, 11) is 4.05. The third-order valence-electron chi connectivity index (χ3n) is 4.86. The van der Waals surface area contributed by atoms with Crippen LogP contribution in [-0.4, -0.2) is 73.0 Å². The van der Waals surface area contributed by atoms with Crippen molar-refractivity contribution in [3.05, 3.63) is 18.7 Å². The summed E-state index contributed by atoms with van der Waals surface area (Å²) in [4.78, 5) is 18.9. The number of ether oxygens (including phenoxy) is 2. The fourth-order valence-electron chi connectivity index (χ4n) is 3.10. The number of rotatable bonds is 8. The lowest BCUT2D eigenvalue weighted by Crippen LogP contribution is -2.53. The van der Waals surface area contributed by atoms with Crippen LogP contribution >= 0.6 is 0 Å². The van der Waals surface area contributed by atoms with Gasteiger partial charge in [0.15, 0.2) is 0 Å². The minimum absolute atomic E-state index is 0.0340. The van der Waals surface area contributed by atoms with Crippen molar-refractivity contribution in [1.29, 1.82) is 0 Å². The van der Waals surface area contributed by atoms with Crippen LogP contribution in [0.25, 0.3) is 0 Å². The molecule has 2 fully saturated rings. The van der Waals surface area contributed by atoms with Gasteiger partial charge in [-0.2, -0.15) is 0 Å². The van der Waals surface area contributed by atoms with E-state index in [1.165, 1.54) is 0 Å². The molecule has 1 amide bonds. The van der Waals surface area contributed by atoms with Crippen LogP contribution < -0.4 is 5.32 Å². The van der Waals surface area contributed by atoms with Gasteiger partial charge in [0, 0.05) is 32.1 Å². The van der Waals surface area contributed by atoms with E-state index in [-0.39, 0.29) is 23.5 Å². The van der Waals surface area contributed by atoms with Gasteiger partial charge in [-0.15, -0.1) is 0 Å². The second-order valence-electron chi connectivity index (χ2n) is 7.17. The first-order chi connectivity index (χ1) is 11.6. The van der Waals surface area contributed by atoms with Crippen molar-refractivity contribution in [3.8, 4) is 0 Å². The second kappa shape index (κ2) is 7.63. The van der Waals surface area contributed by atoms with Crippen LogP contribution in [0.1, 0.15) is 19.3 Å². The molecule has 2 aliphatic rings. The van der Waals surface area contributed by atoms with Crippen molar-refractivity contribution >= 4 is 5.91 Å². The Bertz CT molecular complexity index is 528. The van der Waals surface area contributed by atoms with Gasteiger partial charge in [-0.25, -0.2) is 4.98 Å². The van der Waals surface area contributed by atoms with Crippen LogP contribution in [0.2, 0.25) is 0 Å². The lowest BCUT2D eigenvalue weighted by atomic mass is 10.0. The van der Waals surface area contributed by atoms with E-state index in [9.17, 15) is 4.79 Å². The van der Waals surface area contributed by atoms with E-state index < -0.39 is 0 Å². The van der Waals surface area contributed by atoms with Crippen molar-refractivity contribution in [2.75, 3.05) is 40.5 Å². The molecule has 0 aromatic carbocycles. The third-order valence-corrected chi connectivity index (χ3v) is 4.86. The number of imidazole rings is 1. The number of aromatic nitrogens is 2. The zero-order valence-electron chi connectivity index (χ0n) is 14.6. The second-order valence-corrected chi connectivity index (χ2v) is 7.17. The molecular weight excluding hydrogens is 308 g/mol. The highest BCUT2D eigenvalue weighted by molar-refractivity contribution is 5.85. The minimum atomic E-state index is -0.285. The van der Waals surface area contributed by atoms with E-state index >= 15 is 0 Å². The summed E-state index contributed by atoms with van der Waals surface area (Å²) in [5, 5.41) is 3.19. The minimum Gasteiger partial charge on any atom is -0.379 e. The summed E-state index contributed by atoms with van der Waals surface area (Å²) in [5.74, 6) is 0.118. The van der Waals surface area contributed by atoms with Gasteiger partial charge in [-0.3, -0.25) is 4.79 Å². The zero-order valence-corrected chi connectivity index (χ0v) is 14.6. The van der Waals surface area contributed by atoms with Gasteiger partial charge in [0.2, 0.25) is 5.91 Å². The lowest BCUT2D eigenvalue weighted by Gasteiger charge is -2.33. The topological polar surface area (TPSA) is 68.6 Å². The van der Waals surface area contributed by atoms with Crippen molar-refractivity contribution in [2.45, 2.75) is 38.0 Å². The van der Waals surface area contributed by atoms with Gasteiger partial charge in [0.05, 0.1) is 37.1 Å². The van der Waals surface area contributed by atoms with Crippen molar-refractivity contribution in [3.63, 3.8) is 0 Å². The number of hydrogen-bond acceptors (Lipinski definition) is 5. The van der Waals surface area contributed by atoms with Crippen molar-refractivity contribution < 1.29 is 14.3 Å². The molecule has 1 saturated heterocycles. The maximum Gasteiger partial charge on any atom is 0.228 e. The lowest BCUT2D eigenvalue weighted by molar-refractivity contribution is -0.131. The van der Waals surface area contributed by atoms with E-state index in [4.69, 9.17) is 9.47 Å². The number of carbonyl (C=O) groups excluding carboxylic acids is 1. The van der Waals surface area contributed by atoms with Gasteiger partial charge in [0.25, 0.3) is 0 Å². The highest BCUT2D eigenvalue weighted by Crippen LogP contribution is 2.47. The fraction of sp³-hybridized carbons (Fsp3) is 0.765. The molecule has 0 spiro atoms. The molecule has 134 valence electrons. The SMILES string of the molecule is CN(C)CCO[C@@H]1CCOC[C@@H]1NC(=O)C1(Cn2ccnc2)CC1. The molecule has 24 heavy (non-hydrogen) atoms. The summed E-state index contributed by atoms with van der Waals surface area (Å²) in [5.41, 5.74) is -0.285. The van der Waals surface area contributed by atoms with Crippen LogP contribution in [0.5, 0.6) is 0 Å². The van der Waals surface area contributed by atoms with Gasteiger partial charge < -0.3 is 24.3 Å². The molecule has 0 bridgehead atoms. The fourth-order valence-corrected chi connectivity index (χ4v) is 3.10. The Morgan fingerprint density at radius 3 is 3.00 bits per heavy atom. The van der Waals surface area contributed by atoms with E-state index in [1.54, 1.807) is 12.5 Å².